The van der Waals surface area contributed by atoms with Crippen LogP contribution in [0.2, 0.25) is 0 Å². The Morgan fingerprint density at radius 1 is 1.33 bits per heavy atom. The molecule has 1 aromatic rings. The lowest BCUT2D eigenvalue weighted by Gasteiger charge is -2.37. The minimum absolute atomic E-state index is 0.0376. The molecule has 0 aromatic heterocycles. The Kier molecular flexibility index (Phi) is 5.17. The van der Waals surface area contributed by atoms with Crippen LogP contribution in [0.3, 0.4) is 0 Å². The first-order valence-corrected chi connectivity index (χ1v) is 7.47. The Labute approximate surface area is 137 Å². The Morgan fingerprint density at radius 3 is 2.58 bits per heavy atom. The molecule has 2 rings (SSSR count). The van der Waals surface area contributed by atoms with Crippen molar-refractivity contribution in [1.82, 2.24) is 4.90 Å². The molecule has 0 saturated carbocycles. The van der Waals surface area contributed by atoms with Gasteiger partial charge in [-0.2, -0.15) is 13.2 Å². The van der Waals surface area contributed by atoms with E-state index in [1.165, 1.54) is 24.1 Å². The molecule has 2 amide bonds. The second-order valence-electron chi connectivity index (χ2n) is 5.90. The van der Waals surface area contributed by atoms with Gasteiger partial charge in [0.15, 0.2) is 0 Å². The fourth-order valence-corrected chi connectivity index (χ4v) is 3.30. The zero-order chi connectivity index (χ0) is 18.0. The number of hydrogen-bond acceptors (Lipinski definition) is 3. The van der Waals surface area contributed by atoms with Crippen LogP contribution in [-0.4, -0.2) is 42.5 Å². The normalized spacial score (nSPS) is 21.1. The predicted molar refractivity (Wildman–Crippen MR) is 80.1 cm³/mol. The van der Waals surface area contributed by atoms with E-state index in [4.69, 9.17) is 10.5 Å². The van der Waals surface area contributed by atoms with Gasteiger partial charge in [0.2, 0.25) is 5.91 Å². The number of halogens is 3. The molecular formula is C16H19F3N2O3. The van der Waals surface area contributed by atoms with Gasteiger partial charge in [0.05, 0.1) is 29.7 Å². The van der Waals surface area contributed by atoms with Gasteiger partial charge in [-0.3, -0.25) is 9.59 Å². The van der Waals surface area contributed by atoms with Crippen LogP contribution in [-0.2, 0) is 15.7 Å². The van der Waals surface area contributed by atoms with Crippen LogP contribution in [0.4, 0.5) is 13.2 Å². The van der Waals surface area contributed by atoms with Crippen LogP contribution in [0, 0.1) is 0 Å². The van der Waals surface area contributed by atoms with Crippen molar-refractivity contribution in [3.8, 4) is 0 Å². The number of carbonyl (C=O) groups excluding carboxylic acids is 2. The number of rotatable bonds is 5. The highest BCUT2D eigenvalue weighted by molar-refractivity contribution is 5.97. The summed E-state index contributed by atoms with van der Waals surface area (Å²) in [5.41, 5.74) is 2.85. The van der Waals surface area contributed by atoms with Crippen molar-refractivity contribution >= 4 is 11.8 Å². The predicted octanol–water partition coefficient (Wildman–Crippen LogP) is 2.20. The first kappa shape index (κ1) is 18.3. The van der Waals surface area contributed by atoms with Gasteiger partial charge in [-0.25, -0.2) is 0 Å². The molecule has 1 aliphatic rings. The summed E-state index contributed by atoms with van der Waals surface area (Å²) in [5, 5.41) is 0. The fraction of sp³-hybridized carbons (Fsp3) is 0.500. The van der Waals surface area contributed by atoms with Gasteiger partial charge in [-0.1, -0.05) is 12.1 Å². The van der Waals surface area contributed by atoms with Crippen LogP contribution in [0.5, 0.6) is 0 Å². The van der Waals surface area contributed by atoms with E-state index in [0.717, 1.165) is 12.1 Å². The first-order valence-electron chi connectivity index (χ1n) is 7.47. The largest absolute Gasteiger partial charge is 0.417 e. The van der Waals surface area contributed by atoms with Crippen LogP contribution < -0.4 is 5.73 Å². The van der Waals surface area contributed by atoms with Crippen LogP contribution >= 0.6 is 0 Å². The number of primary amides is 1. The summed E-state index contributed by atoms with van der Waals surface area (Å²) in [7, 11) is 1.41. The van der Waals surface area contributed by atoms with Crippen LogP contribution in [0.25, 0.3) is 0 Å². The highest BCUT2D eigenvalue weighted by atomic mass is 19.4. The number of nitrogens with zero attached hydrogens (tertiary/aromatic N) is 1. The molecule has 0 unspecified atom stereocenters. The Morgan fingerprint density at radius 2 is 2.00 bits per heavy atom. The summed E-state index contributed by atoms with van der Waals surface area (Å²) < 4.78 is 44.7. The number of likely N-dealkylation sites (tertiary alicyclic amines) is 1. The molecule has 1 atom stereocenters. The summed E-state index contributed by atoms with van der Waals surface area (Å²) in [5.74, 6) is -1.39. The van der Waals surface area contributed by atoms with Crippen LogP contribution in [0.15, 0.2) is 24.3 Å². The van der Waals surface area contributed by atoms with Gasteiger partial charge in [0, 0.05) is 13.7 Å². The van der Waals surface area contributed by atoms with E-state index >= 15 is 0 Å². The van der Waals surface area contributed by atoms with Crippen LogP contribution in [0.1, 0.15) is 35.2 Å². The molecule has 0 bridgehead atoms. The van der Waals surface area contributed by atoms with Crippen molar-refractivity contribution < 1.29 is 27.5 Å². The van der Waals surface area contributed by atoms with Gasteiger partial charge >= 0.3 is 6.18 Å². The topological polar surface area (TPSA) is 72.6 Å². The lowest BCUT2D eigenvalue weighted by Crippen LogP contribution is -2.52. The third-order valence-electron chi connectivity index (χ3n) is 4.22. The first-order chi connectivity index (χ1) is 11.2. The summed E-state index contributed by atoms with van der Waals surface area (Å²) in [6, 6.07) is 4.63. The average Bonchev–Trinajstić information content (AvgIpc) is 2.88. The molecule has 5 nitrogen and oxygen atoms in total. The number of methoxy groups -OCH3 is 1. The molecule has 1 aliphatic heterocycles. The lowest BCUT2D eigenvalue weighted by molar-refractivity contribution is -0.138. The quantitative estimate of drug-likeness (QED) is 0.890. The monoisotopic (exact) mass is 344 g/mol. The van der Waals surface area contributed by atoms with Crippen molar-refractivity contribution in [2.75, 3.05) is 20.3 Å². The standard InChI is InChI=1S/C16H19F3N2O3/c1-24-10-15(9-13(20)22)7-4-8-21(15)14(23)11-5-2-3-6-12(11)16(17,18)19/h2-3,5-6H,4,7-10H2,1H3,(H2,20,22)/t15-/m0/s1. The van der Waals surface area contributed by atoms with Gasteiger partial charge < -0.3 is 15.4 Å². The molecule has 132 valence electrons. The smallest absolute Gasteiger partial charge is 0.382 e. The summed E-state index contributed by atoms with van der Waals surface area (Å²) >= 11 is 0. The molecule has 1 aromatic carbocycles. The molecule has 1 fully saturated rings. The third kappa shape index (κ3) is 3.53. The van der Waals surface area contributed by atoms with E-state index in [1.54, 1.807) is 0 Å². The number of nitrogens with two attached hydrogens (primary N) is 1. The molecular weight excluding hydrogens is 325 g/mol. The van der Waals surface area contributed by atoms with Crippen molar-refractivity contribution in [2.45, 2.75) is 31.0 Å². The molecule has 0 spiro atoms. The molecule has 8 heteroatoms. The summed E-state index contributed by atoms with van der Waals surface area (Å²) in [6.45, 7) is 0.289. The maximum absolute atomic E-state index is 13.2. The van der Waals surface area contributed by atoms with Crippen molar-refractivity contribution in [2.24, 2.45) is 5.73 Å². The van der Waals surface area contributed by atoms with E-state index in [0.29, 0.717) is 12.8 Å². The molecule has 0 radical (unpaired) electrons. The van der Waals surface area contributed by atoms with Gasteiger partial charge in [-0.05, 0) is 25.0 Å². The van der Waals surface area contributed by atoms with E-state index < -0.39 is 34.7 Å². The number of hydrogen-bond donors (Lipinski definition) is 1. The zero-order valence-corrected chi connectivity index (χ0v) is 13.2. The number of carbonyl (C=O) groups is 2. The molecule has 24 heavy (non-hydrogen) atoms. The minimum Gasteiger partial charge on any atom is -0.382 e. The van der Waals surface area contributed by atoms with Gasteiger partial charge in [-0.15, -0.1) is 0 Å². The fourth-order valence-electron chi connectivity index (χ4n) is 3.30. The van der Waals surface area contributed by atoms with E-state index in [2.05, 4.69) is 0 Å². The van der Waals surface area contributed by atoms with Gasteiger partial charge in [0.1, 0.15) is 0 Å². The highest BCUT2D eigenvalue weighted by Gasteiger charge is 2.46. The number of ether oxygens (including phenoxy) is 1. The van der Waals surface area contributed by atoms with Crippen molar-refractivity contribution in [3.05, 3.63) is 35.4 Å². The number of amides is 2. The van der Waals surface area contributed by atoms with E-state index in [9.17, 15) is 22.8 Å². The summed E-state index contributed by atoms with van der Waals surface area (Å²) in [4.78, 5) is 25.5. The van der Waals surface area contributed by atoms with E-state index in [-0.39, 0.29) is 19.6 Å². The van der Waals surface area contributed by atoms with Gasteiger partial charge in [0.25, 0.3) is 5.91 Å². The third-order valence-corrected chi connectivity index (χ3v) is 4.22. The summed E-state index contributed by atoms with van der Waals surface area (Å²) in [6.07, 6.45) is -3.78. The van der Waals surface area contributed by atoms with Crippen molar-refractivity contribution in [1.29, 1.82) is 0 Å². The number of alkyl halides is 3. The maximum atomic E-state index is 13.2. The average molecular weight is 344 g/mol. The SMILES string of the molecule is COC[C@@]1(CC(N)=O)CCCN1C(=O)c1ccccc1C(F)(F)F. The Bertz CT molecular complexity index is 633. The molecule has 2 N–H and O–H groups in total. The highest BCUT2D eigenvalue weighted by Crippen LogP contribution is 2.37. The molecule has 1 saturated heterocycles. The maximum Gasteiger partial charge on any atom is 0.417 e. The van der Waals surface area contributed by atoms with E-state index in [1.807, 2.05) is 0 Å². The number of benzene rings is 1. The second kappa shape index (κ2) is 6.80. The zero-order valence-electron chi connectivity index (χ0n) is 13.2. The Balaban J connectivity index is 2.43. The molecule has 1 heterocycles. The second-order valence-corrected chi connectivity index (χ2v) is 5.90. The Hall–Kier alpha value is -2.09. The lowest BCUT2D eigenvalue weighted by atomic mass is 9.91. The minimum atomic E-state index is -4.64. The van der Waals surface area contributed by atoms with Crippen molar-refractivity contribution in [3.63, 3.8) is 0 Å². The molecule has 0 aliphatic carbocycles.